The van der Waals surface area contributed by atoms with Crippen molar-refractivity contribution in [3.8, 4) is 51.7 Å². The summed E-state index contributed by atoms with van der Waals surface area (Å²) < 4.78 is 32.5. The number of allylic oxidation sites excluding steroid dienone is 3. The summed E-state index contributed by atoms with van der Waals surface area (Å²) in [6.07, 6.45) is 7.93. The summed E-state index contributed by atoms with van der Waals surface area (Å²) in [4.78, 5) is 42.0. The van der Waals surface area contributed by atoms with Crippen LogP contribution in [-0.4, -0.2) is 75.3 Å². The first-order chi connectivity index (χ1) is 24.5. The Hall–Kier alpha value is -6.69. The maximum atomic E-state index is 14.0. The van der Waals surface area contributed by atoms with Gasteiger partial charge < -0.3 is 43.7 Å². The smallest absolute Gasteiger partial charge is 0.193 e. The molecule has 0 aliphatic heterocycles. The number of ether oxygens (including phenoxy) is 6. The molecule has 12 heteroatoms. The lowest BCUT2D eigenvalue weighted by Gasteiger charge is -2.21. The van der Waals surface area contributed by atoms with Crippen molar-refractivity contribution in [2.24, 2.45) is 0 Å². The van der Waals surface area contributed by atoms with Gasteiger partial charge >= 0.3 is 0 Å². The van der Waals surface area contributed by atoms with Crippen molar-refractivity contribution in [2.75, 3.05) is 42.7 Å². The summed E-state index contributed by atoms with van der Waals surface area (Å²) in [6, 6.07) is 13.4. The highest BCUT2D eigenvalue weighted by Crippen LogP contribution is 2.45. The zero-order valence-corrected chi connectivity index (χ0v) is 28.7. The zero-order chi connectivity index (χ0) is 37.2. The van der Waals surface area contributed by atoms with Gasteiger partial charge in [0, 0.05) is 0 Å². The molecule has 0 atom stereocenters. The Balaban J connectivity index is 1.94. The number of phenols is 3. The molecule has 0 heterocycles. The monoisotopic (exact) mass is 696 g/mol. The van der Waals surface area contributed by atoms with Gasteiger partial charge in [0.05, 0.1) is 42.7 Å². The quantitative estimate of drug-likeness (QED) is 0.0908. The molecule has 0 amide bonds. The highest BCUT2D eigenvalue weighted by Gasteiger charge is 2.34. The van der Waals surface area contributed by atoms with E-state index in [1.165, 1.54) is 116 Å². The second-order valence-electron chi connectivity index (χ2n) is 10.6. The van der Waals surface area contributed by atoms with Crippen LogP contribution in [0.2, 0.25) is 0 Å². The van der Waals surface area contributed by atoms with E-state index in [-0.39, 0.29) is 68.4 Å². The topological polar surface area (TPSA) is 167 Å². The van der Waals surface area contributed by atoms with Gasteiger partial charge in [-0.25, -0.2) is 0 Å². The number of carbonyl (C=O) groups is 3. The van der Waals surface area contributed by atoms with Crippen molar-refractivity contribution in [3.63, 3.8) is 0 Å². The fraction of sp³-hybridized carbons (Fsp3) is 0.154. The summed E-state index contributed by atoms with van der Waals surface area (Å²) in [5, 5.41) is 29.9. The number of benzene rings is 4. The lowest BCUT2D eigenvalue weighted by Crippen LogP contribution is -2.15. The van der Waals surface area contributed by atoms with E-state index in [4.69, 9.17) is 28.4 Å². The molecule has 51 heavy (non-hydrogen) atoms. The van der Waals surface area contributed by atoms with E-state index in [1.807, 2.05) is 0 Å². The molecule has 0 aromatic heterocycles. The van der Waals surface area contributed by atoms with E-state index in [1.54, 1.807) is 18.2 Å². The van der Waals surface area contributed by atoms with Gasteiger partial charge in [-0.3, -0.25) is 14.4 Å². The second-order valence-corrected chi connectivity index (χ2v) is 10.6. The number of carbonyl (C=O) groups excluding carboxylic acids is 3. The van der Waals surface area contributed by atoms with Crippen LogP contribution in [0.3, 0.4) is 0 Å². The number of hydrogen-bond acceptors (Lipinski definition) is 12. The Morgan fingerprint density at radius 1 is 0.431 bits per heavy atom. The molecule has 0 saturated carbocycles. The van der Waals surface area contributed by atoms with Crippen LogP contribution in [0.4, 0.5) is 0 Å². The van der Waals surface area contributed by atoms with E-state index >= 15 is 0 Å². The first-order valence-electron chi connectivity index (χ1n) is 15.2. The van der Waals surface area contributed by atoms with Crippen molar-refractivity contribution in [1.82, 2.24) is 0 Å². The third kappa shape index (κ3) is 8.14. The molecule has 264 valence electrons. The second kappa shape index (κ2) is 16.6. The highest BCUT2D eigenvalue weighted by atomic mass is 16.5. The van der Waals surface area contributed by atoms with Crippen molar-refractivity contribution in [2.45, 2.75) is 0 Å². The maximum Gasteiger partial charge on any atom is 0.193 e. The van der Waals surface area contributed by atoms with Crippen LogP contribution in [0.5, 0.6) is 51.7 Å². The van der Waals surface area contributed by atoms with E-state index < -0.39 is 17.3 Å². The van der Waals surface area contributed by atoms with E-state index in [2.05, 4.69) is 0 Å². The van der Waals surface area contributed by atoms with Gasteiger partial charge in [-0.1, -0.05) is 36.4 Å². The van der Waals surface area contributed by atoms with Crippen LogP contribution in [0.15, 0.2) is 72.8 Å². The van der Waals surface area contributed by atoms with Crippen LogP contribution >= 0.6 is 0 Å². The molecule has 0 aliphatic rings. The highest BCUT2D eigenvalue weighted by molar-refractivity contribution is 6.22. The summed E-state index contributed by atoms with van der Waals surface area (Å²) in [5.41, 5.74) is 0.765. The Bertz CT molecular complexity index is 1800. The van der Waals surface area contributed by atoms with Gasteiger partial charge in [-0.2, -0.15) is 0 Å². The molecule has 0 radical (unpaired) electrons. The average Bonchev–Trinajstić information content (AvgIpc) is 3.14. The predicted molar refractivity (Wildman–Crippen MR) is 190 cm³/mol. The molecular formula is C39H36O12. The van der Waals surface area contributed by atoms with Gasteiger partial charge in [0.15, 0.2) is 51.8 Å². The molecular weight excluding hydrogens is 660 g/mol. The number of ketones is 3. The molecule has 0 bridgehead atoms. The standard InChI is InChI=1S/C39H36O12/c1-46-31-19-22(7-13-25(31)40)10-16-28(43)34-37(49-4)35(29(44)17-11-23-8-14-26(41)32(20-23)47-2)39(51-6)36(38(34)50-5)30(45)18-12-24-9-15-27(42)33(21-24)48-3/h7-21,40-42H,1-6H3/b16-10+,17-11+,18-12+. The maximum absolute atomic E-state index is 14.0. The van der Waals surface area contributed by atoms with Crippen LogP contribution in [0.1, 0.15) is 47.8 Å². The Morgan fingerprint density at radius 3 is 0.902 bits per heavy atom. The van der Waals surface area contributed by atoms with Crippen LogP contribution in [0.25, 0.3) is 18.2 Å². The Labute approximate surface area is 294 Å². The first kappa shape index (κ1) is 37.1. The minimum absolute atomic E-state index is 0.0941. The van der Waals surface area contributed by atoms with E-state index in [0.29, 0.717) is 16.7 Å². The van der Waals surface area contributed by atoms with Gasteiger partial charge in [0.2, 0.25) is 0 Å². The number of phenolic OH excluding ortho intramolecular Hbond substituents is 3. The lowest BCUT2D eigenvalue weighted by atomic mass is 9.92. The van der Waals surface area contributed by atoms with Gasteiger partial charge in [-0.15, -0.1) is 0 Å². The first-order valence-corrected chi connectivity index (χ1v) is 15.2. The normalized spacial score (nSPS) is 11.2. The van der Waals surface area contributed by atoms with E-state index in [0.717, 1.165) is 0 Å². The fourth-order valence-corrected chi connectivity index (χ4v) is 5.13. The minimum Gasteiger partial charge on any atom is -0.504 e. The molecule has 4 rings (SSSR count). The van der Waals surface area contributed by atoms with Gasteiger partial charge in [0.25, 0.3) is 0 Å². The molecule has 0 unspecified atom stereocenters. The number of methoxy groups -OCH3 is 6. The molecule has 0 spiro atoms. The van der Waals surface area contributed by atoms with Crippen LogP contribution in [-0.2, 0) is 0 Å². The largest absolute Gasteiger partial charge is 0.504 e. The Kier molecular flexibility index (Phi) is 12.1. The average molecular weight is 697 g/mol. The van der Waals surface area contributed by atoms with Crippen molar-refractivity contribution < 1.29 is 58.1 Å². The number of aromatic hydroxyl groups is 3. The van der Waals surface area contributed by atoms with Crippen molar-refractivity contribution in [3.05, 3.63) is 106 Å². The van der Waals surface area contributed by atoms with Crippen molar-refractivity contribution >= 4 is 35.6 Å². The van der Waals surface area contributed by atoms with Gasteiger partial charge in [0.1, 0.15) is 33.9 Å². The molecule has 4 aromatic carbocycles. The van der Waals surface area contributed by atoms with E-state index in [9.17, 15) is 29.7 Å². The molecule has 3 N–H and O–H groups in total. The van der Waals surface area contributed by atoms with Crippen LogP contribution in [0, 0.1) is 0 Å². The zero-order valence-electron chi connectivity index (χ0n) is 28.7. The third-order valence-electron chi connectivity index (χ3n) is 7.61. The van der Waals surface area contributed by atoms with Crippen LogP contribution < -0.4 is 28.4 Å². The molecule has 0 fully saturated rings. The summed E-state index contributed by atoms with van der Waals surface area (Å²) in [6.45, 7) is 0. The molecule has 12 nitrogen and oxygen atoms in total. The lowest BCUT2D eigenvalue weighted by molar-refractivity contribution is 0.103. The number of hydrogen-bond donors (Lipinski definition) is 3. The summed E-state index contributed by atoms with van der Waals surface area (Å²) in [7, 11) is 7.92. The molecule has 4 aromatic rings. The summed E-state index contributed by atoms with van der Waals surface area (Å²) in [5.74, 6) is -2.48. The molecule has 0 saturated heterocycles. The van der Waals surface area contributed by atoms with Gasteiger partial charge in [-0.05, 0) is 71.3 Å². The van der Waals surface area contributed by atoms with Crippen molar-refractivity contribution in [1.29, 1.82) is 0 Å². The third-order valence-corrected chi connectivity index (χ3v) is 7.61. The summed E-state index contributed by atoms with van der Waals surface area (Å²) >= 11 is 0. The molecule has 0 aliphatic carbocycles. The predicted octanol–water partition coefficient (Wildman–Crippen LogP) is 6.54. The number of rotatable bonds is 15. The minimum atomic E-state index is -0.694. The SMILES string of the molecule is COc1cc(/C=C/C(=O)c2c(OC)c(C(=O)/C=C/c3ccc(O)c(OC)c3)c(OC)c(C(=O)/C=C/c3ccc(O)c(OC)c3)c2OC)ccc1O. The fourth-order valence-electron chi connectivity index (χ4n) is 5.13. The Morgan fingerprint density at radius 2 is 0.686 bits per heavy atom.